The number of carbonyl (C=O) groups excluding carboxylic acids is 2. The third-order valence-corrected chi connectivity index (χ3v) is 4.75. The Hall–Kier alpha value is -1.10. The van der Waals surface area contributed by atoms with Gasteiger partial charge in [-0.05, 0) is 37.5 Å². The molecule has 0 bridgehead atoms. The van der Waals surface area contributed by atoms with Crippen LogP contribution in [0.4, 0.5) is 0 Å². The molecule has 1 saturated carbocycles. The second-order valence-corrected chi connectivity index (χ2v) is 6.48. The summed E-state index contributed by atoms with van der Waals surface area (Å²) in [6.07, 6.45) is 6.00. The van der Waals surface area contributed by atoms with E-state index in [1.54, 1.807) is 0 Å². The highest BCUT2D eigenvalue weighted by Crippen LogP contribution is 2.37. The van der Waals surface area contributed by atoms with E-state index in [1.165, 1.54) is 19.3 Å². The Bertz CT molecular complexity index is 366. The highest BCUT2D eigenvalue weighted by molar-refractivity contribution is 5.87. The summed E-state index contributed by atoms with van der Waals surface area (Å²) in [6.45, 7) is 4.73. The molecule has 5 nitrogen and oxygen atoms in total. The molecule has 0 aromatic carbocycles. The summed E-state index contributed by atoms with van der Waals surface area (Å²) in [5, 5.41) is 2.68. The number of hydrogen-bond donors (Lipinski definition) is 2. The Kier molecular flexibility index (Phi) is 5.02. The predicted molar refractivity (Wildman–Crippen MR) is 77.9 cm³/mol. The summed E-state index contributed by atoms with van der Waals surface area (Å²) in [4.78, 5) is 26.0. The Balaban J connectivity index is 1.80. The van der Waals surface area contributed by atoms with Gasteiger partial charge in [0, 0.05) is 12.6 Å². The number of hydrogen-bond acceptors (Lipinski definition) is 3. The molecule has 0 radical (unpaired) electrons. The summed E-state index contributed by atoms with van der Waals surface area (Å²) in [6, 6.07) is -0.129. The number of nitrogens with zero attached hydrogens (tertiary/aromatic N) is 1. The molecule has 2 amide bonds. The number of likely N-dealkylation sites (tertiary alicyclic amines) is 1. The van der Waals surface area contributed by atoms with E-state index in [4.69, 9.17) is 5.73 Å². The third kappa shape index (κ3) is 3.32. The van der Waals surface area contributed by atoms with Crippen LogP contribution >= 0.6 is 0 Å². The highest BCUT2D eigenvalue weighted by Gasteiger charge is 2.37. The van der Waals surface area contributed by atoms with E-state index in [1.807, 2.05) is 18.7 Å². The van der Waals surface area contributed by atoms with Crippen LogP contribution in [-0.4, -0.2) is 41.9 Å². The van der Waals surface area contributed by atoms with E-state index >= 15 is 0 Å². The lowest BCUT2D eigenvalue weighted by molar-refractivity contribution is -0.135. The van der Waals surface area contributed by atoms with Crippen molar-refractivity contribution in [3.8, 4) is 0 Å². The fourth-order valence-corrected chi connectivity index (χ4v) is 3.10. The lowest BCUT2D eigenvalue weighted by Crippen LogP contribution is -2.50. The smallest absolute Gasteiger partial charge is 0.242 e. The van der Waals surface area contributed by atoms with Crippen molar-refractivity contribution in [2.45, 2.75) is 58.0 Å². The lowest BCUT2D eigenvalue weighted by atomic mass is 9.79. The molecular formula is C15H27N3O2. The average Bonchev–Trinajstić information content (AvgIpc) is 2.81. The second-order valence-electron chi connectivity index (χ2n) is 6.48. The minimum atomic E-state index is -0.538. The van der Waals surface area contributed by atoms with E-state index in [0.29, 0.717) is 12.0 Å². The van der Waals surface area contributed by atoms with Gasteiger partial charge in [-0.1, -0.05) is 20.3 Å². The zero-order valence-electron chi connectivity index (χ0n) is 12.6. The van der Waals surface area contributed by atoms with Crippen molar-refractivity contribution in [2.75, 3.05) is 13.1 Å². The predicted octanol–water partition coefficient (Wildman–Crippen LogP) is 0.877. The van der Waals surface area contributed by atoms with Gasteiger partial charge in [0.25, 0.3) is 0 Å². The van der Waals surface area contributed by atoms with Gasteiger partial charge < -0.3 is 16.0 Å². The normalized spacial score (nSPS) is 24.6. The van der Waals surface area contributed by atoms with Gasteiger partial charge in [0.2, 0.25) is 11.8 Å². The SMILES string of the molecule is CC(C)[C@H](N)C(=O)NCC(=O)N1CCCC1C1CCC1. The molecular weight excluding hydrogens is 254 g/mol. The minimum Gasteiger partial charge on any atom is -0.346 e. The zero-order valence-corrected chi connectivity index (χ0v) is 12.6. The largest absolute Gasteiger partial charge is 0.346 e. The molecule has 0 aromatic heterocycles. The molecule has 3 N–H and O–H groups in total. The molecule has 2 aliphatic rings. The summed E-state index contributed by atoms with van der Waals surface area (Å²) in [7, 11) is 0. The summed E-state index contributed by atoms with van der Waals surface area (Å²) >= 11 is 0. The molecule has 114 valence electrons. The van der Waals surface area contributed by atoms with Gasteiger partial charge in [0.15, 0.2) is 0 Å². The first-order chi connectivity index (χ1) is 9.50. The van der Waals surface area contributed by atoms with Gasteiger partial charge in [-0.2, -0.15) is 0 Å². The van der Waals surface area contributed by atoms with Crippen LogP contribution in [0.1, 0.15) is 46.0 Å². The first kappa shape index (κ1) is 15.3. The molecule has 5 heteroatoms. The van der Waals surface area contributed by atoms with Crippen LogP contribution < -0.4 is 11.1 Å². The average molecular weight is 281 g/mol. The van der Waals surface area contributed by atoms with Crippen LogP contribution in [0.2, 0.25) is 0 Å². The Morgan fingerprint density at radius 3 is 2.50 bits per heavy atom. The molecule has 1 saturated heterocycles. The standard InChI is InChI=1S/C15H27N3O2/c1-10(2)14(16)15(20)17-9-13(19)18-8-4-7-12(18)11-5-3-6-11/h10-12,14H,3-9,16H2,1-2H3,(H,17,20)/t12?,14-/m0/s1. The quantitative estimate of drug-likeness (QED) is 0.785. The number of amides is 2. The van der Waals surface area contributed by atoms with Gasteiger partial charge in [-0.3, -0.25) is 9.59 Å². The fourth-order valence-electron chi connectivity index (χ4n) is 3.10. The van der Waals surface area contributed by atoms with Gasteiger partial charge in [-0.25, -0.2) is 0 Å². The van der Waals surface area contributed by atoms with Crippen LogP contribution in [0.5, 0.6) is 0 Å². The highest BCUT2D eigenvalue weighted by atomic mass is 16.2. The Morgan fingerprint density at radius 1 is 1.25 bits per heavy atom. The summed E-state index contributed by atoms with van der Waals surface area (Å²) in [5.41, 5.74) is 5.77. The second kappa shape index (κ2) is 6.57. The maximum absolute atomic E-state index is 12.3. The molecule has 1 aliphatic carbocycles. The van der Waals surface area contributed by atoms with Crippen LogP contribution in [-0.2, 0) is 9.59 Å². The molecule has 0 spiro atoms. The molecule has 2 rings (SSSR count). The lowest BCUT2D eigenvalue weighted by Gasteiger charge is -2.37. The van der Waals surface area contributed by atoms with Crippen LogP contribution in [0.3, 0.4) is 0 Å². The maximum atomic E-state index is 12.3. The molecule has 1 aliphatic heterocycles. The Labute approximate surface area is 121 Å². The number of carbonyl (C=O) groups is 2. The summed E-state index contributed by atoms with van der Waals surface area (Å²) in [5.74, 6) is 0.589. The number of nitrogens with two attached hydrogens (primary N) is 1. The fraction of sp³-hybridized carbons (Fsp3) is 0.867. The zero-order chi connectivity index (χ0) is 14.7. The van der Waals surface area contributed by atoms with Gasteiger partial charge in [0.05, 0.1) is 12.6 Å². The van der Waals surface area contributed by atoms with Crippen molar-refractivity contribution < 1.29 is 9.59 Å². The monoisotopic (exact) mass is 281 g/mol. The van der Waals surface area contributed by atoms with Crippen LogP contribution in [0.15, 0.2) is 0 Å². The van der Waals surface area contributed by atoms with Gasteiger partial charge >= 0.3 is 0 Å². The van der Waals surface area contributed by atoms with E-state index < -0.39 is 6.04 Å². The van der Waals surface area contributed by atoms with Crippen LogP contribution in [0, 0.1) is 11.8 Å². The minimum absolute atomic E-state index is 0.0451. The van der Waals surface area contributed by atoms with Crippen molar-refractivity contribution in [2.24, 2.45) is 17.6 Å². The number of rotatable bonds is 5. The maximum Gasteiger partial charge on any atom is 0.242 e. The molecule has 20 heavy (non-hydrogen) atoms. The van der Waals surface area contributed by atoms with Crippen molar-refractivity contribution >= 4 is 11.8 Å². The van der Waals surface area contributed by atoms with Gasteiger partial charge in [0.1, 0.15) is 0 Å². The van der Waals surface area contributed by atoms with Crippen molar-refractivity contribution in [1.82, 2.24) is 10.2 Å². The van der Waals surface area contributed by atoms with E-state index in [2.05, 4.69) is 5.32 Å². The van der Waals surface area contributed by atoms with Crippen molar-refractivity contribution in [3.05, 3.63) is 0 Å². The van der Waals surface area contributed by atoms with Gasteiger partial charge in [-0.15, -0.1) is 0 Å². The van der Waals surface area contributed by atoms with E-state index in [-0.39, 0.29) is 24.3 Å². The van der Waals surface area contributed by atoms with E-state index in [9.17, 15) is 9.59 Å². The summed E-state index contributed by atoms with van der Waals surface area (Å²) < 4.78 is 0. The molecule has 1 heterocycles. The Morgan fingerprint density at radius 2 is 1.95 bits per heavy atom. The topological polar surface area (TPSA) is 75.4 Å². The van der Waals surface area contributed by atoms with Crippen molar-refractivity contribution in [1.29, 1.82) is 0 Å². The first-order valence-corrected chi connectivity index (χ1v) is 7.83. The first-order valence-electron chi connectivity index (χ1n) is 7.83. The molecule has 0 aromatic rings. The molecule has 2 fully saturated rings. The van der Waals surface area contributed by atoms with Crippen LogP contribution in [0.25, 0.3) is 0 Å². The van der Waals surface area contributed by atoms with Crippen molar-refractivity contribution in [3.63, 3.8) is 0 Å². The molecule has 1 unspecified atom stereocenters. The number of nitrogens with one attached hydrogen (secondary N) is 1. The molecule has 2 atom stereocenters. The third-order valence-electron chi connectivity index (χ3n) is 4.75. The van der Waals surface area contributed by atoms with E-state index in [0.717, 1.165) is 19.4 Å².